The number of benzene rings is 2. The lowest BCUT2D eigenvalue weighted by Crippen LogP contribution is -2.55. The number of thioether (sulfide) groups is 1. The molecule has 1 aliphatic rings. The summed E-state index contributed by atoms with van der Waals surface area (Å²) in [5.41, 5.74) is 1.56. The number of nitrogens with zero attached hydrogens (tertiary/aromatic N) is 1. The number of hydrogen-bond acceptors (Lipinski definition) is 5. The Morgan fingerprint density at radius 2 is 1.96 bits per heavy atom. The first-order valence-corrected chi connectivity index (χ1v) is 9.06. The maximum atomic E-state index is 12.5. The average Bonchev–Trinajstić information content (AvgIpc) is 3.07. The van der Waals surface area contributed by atoms with E-state index in [4.69, 9.17) is 10.5 Å². The predicted octanol–water partition coefficient (Wildman–Crippen LogP) is 3.90. The molecule has 1 heterocycles. The molecule has 0 fully saturated rings. The lowest BCUT2D eigenvalue weighted by Gasteiger charge is -2.29. The van der Waals surface area contributed by atoms with E-state index in [2.05, 4.69) is 11.4 Å². The van der Waals surface area contributed by atoms with Crippen molar-refractivity contribution in [3.8, 4) is 11.8 Å². The molecule has 3 rings (SSSR count). The highest BCUT2D eigenvalue weighted by Crippen LogP contribution is 2.38. The first-order valence-electron chi connectivity index (χ1n) is 8.25. The molecule has 5 nitrogen and oxygen atoms in total. The Hall–Kier alpha value is -2.86. The number of fused-ring (bicyclic) bond motifs is 1. The van der Waals surface area contributed by atoms with Gasteiger partial charge in [-0.05, 0) is 49.0 Å². The number of alkyl halides is 3. The van der Waals surface area contributed by atoms with Crippen LogP contribution in [0.25, 0.3) is 0 Å². The molecular formula is C19H16F3N3O2S. The Labute approximate surface area is 163 Å². The molecule has 2 atom stereocenters. The van der Waals surface area contributed by atoms with Gasteiger partial charge in [0.2, 0.25) is 0 Å². The summed E-state index contributed by atoms with van der Waals surface area (Å²) in [5, 5.41) is 12.3. The lowest BCUT2D eigenvalue weighted by atomic mass is 9.92. The third kappa shape index (κ3) is 4.17. The number of rotatable bonds is 4. The maximum absolute atomic E-state index is 12.5. The van der Waals surface area contributed by atoms with Crippen LogP contribution in [0.1, 0.15) is 22.8 Å². The van der Waals surface area contributed by atoms with Crippen LogP contribution in [-0.2, 0) is 6.42 Å². The van der Waals surface area contributed by atoms with Crippen molar-refractivity contribution in [2.45, 2.75) is 35.4 Å². The molecule has 1 aliphatic heterocycles. The Kier molecular flexibility index (Phi) is 5.17. The number of nitrogen functional groups attached to an aromatic ring is 1. The summed E-state index contributed by atoms with van der Waals surface area (Å²) in [7, 11) is 0. The van der Waals surface area contributed by atoms with E-state index in [9.17, 15) is 23.2 Å². The van der Waals surface area contributed by atoms with E-state index in [0.29, 0.717) is 17.9 Å². The van der Waals surface area contributed by atoms with Crippen LogP contribution >= 0.6 is 11.8 Å². The van der Waals surface area contributed by atoms with Crippen LogP contribution < -0.4 is 15.8 Å². The summed E-state index contributed by atoms with van der Waals surface area (Å²) < 4.78 is 43.0. The molecule has 0 saturated heterocycles. The van der Waals surface area contributed by atoms with Crippen molar-refractivity contribution in [2.24, 2.45) is 0 Å². The molecule has 1 amide bonds. The van der Waals surface area contributed by atoms with Crippen molar-refractivity contribution in [3.63, 3.8) is 0 Å². The van der Waals surface area contributed by atoms with Gasteiger partial charge in [0.25, 0.3) is 5.91 Å². The number of halogens is 3. The summed E-state index contributed by atoms with van der Waals surface area (Å²) in [6.07, 6.45) is -0.257. The molecule has 0 spiro atoms. The van der Waals surface area contributed by atoms with Crippen LogP contribution in [0, 0.1) is 11.3 Å². The van der Waals surface area contributed by atoms with Gasteiger partial charge in [-0.2, -0.15) is 18.4 Å². The molecule has 3 N–H and O–H groups in total. The van der Waals surface area contributed by atoms with Crippen LogP contribution in [0.5, 0.6) is 5.75 Å². The first kappa shape index (κ1) is 19.9. The number of carbonyl (C=O) groups excluding carboxylic acids is 1. The van der Waals surface area contributed by atoms with Gasteiger partial charge in [0.1, 0.15) is 11.9 Å². The van der Waals surface area contributed by atoms with Crippen LogP contribution in [-0.4, -0.2) is 23.1 Å². The number of ether oxygens (including phenoxy) is 1. The highest BCUT2D eigenvalue weighted by Gasteiger charge is 2.42. The SMILES string of the molecule is CC(C#N)(NC(=O)c1ccc(SC(F)(F)F)cc1)C1Cc2cccc(N)c2O1. The maximum Gasteiger partial charge on any atom is 0.446 e. The van der Waals surface area contributed by atoms with Crippen LogP contribution in [0.15, 0.2) is 47.4 Å². The normalized spacial score (nSPS) is 17.8. The molecule has 28 heavy (non-hydrogen) atoms. The van der Waals surface area contributed by atoms with Crippen molar-refractivity contribution < 1.29 is 22.7 Å². The number of hydrogen-bond donors (Lipinski definition) is 2. The van der Waals surface area contributed by atoms with Crippen molar-refractivity contribution in [1.82, 2.24) is 5.32 Å². The fraction of sp³-hybridized carbons (Fsp3) is 0.263. The monoisotopic (exact) mass is 407 g/mol. The smallest absolute Gasteiger partial charge is 0.446 e. The van der Waals surface area contributed by atoms with Crippen LogP contribution in [0.2, 0.25) is 0 Å². The number of carbonyl (C=O) groups is 1. The standard InChI is InChI=1S/C19H16F3N3O2S/c1-18(10-23,15-9-12-3-2-4-14(24)16(12)27-15)25-17(26)11-5-7-13(8-6-11)28-19(20,21)22/h2-8,15H,9,24H2,1H3,(H,25,26). The fourth-order valence-corrected chi connectivity index (χ4v) is 3.45. The van der Waals surface area contributed by atoms with E-state index in [1.807, 2.05) is 6.07 Å². The van der Waals surface area contributed by atoms with E-state index in [0.717, 1.165) is 5.56 Å². The second-order valence-corrected chi connectivity index (χ2v) is 7.63. The Morgan fingerprint density at radius 3 is 2.54 bits per heavy atom. The van der Waals surface area contributed by atoms with Gasteiger partial charge in [0.05, 0.1) is 11.8 Å². The molecular weight excluding hydrogens is 391 g/mol. The topological polar surface area (TPSA) is 88.1 Å². The number of amides is 1. The van der Waals surface area contributed by atoms with Crippen molar-refractivity contribution in [3.05, 3.63) is 53.6 Å². The molecule has 0 aromatic heterocycles. The van der Waals surface area contributed by atoms with Gasteiger partial charge < -0.3 is 15.8 Å². The summed E-state index contributed by atoms with van der Waals surface area (Å²) in [5.74, 6) is -0.0862. The minimum Gasteiger partial charge on any atom is -0.484 e. The Morgan fingerprint density at radius 1 is 1.29 bits per heavy atom. The molecule has 2 aromatic carbocycles. The number of nitrogens with one attached hydrogen (secondary N) is 1. The largest absolute Gasteiger partial charge is 0.484 e. The van der Waals surface area contributed by atoms with Gasteiger partial charge in [-0.3, -0.25) is 4.79 Å². The van der Waals surface area contributed by atoms with Crippen LogP contribution in [0.3, 0.4) is 0 Å². The van der Waals surface area contributed by atoms with Gasteiger partial charge in [-0.25, -0.2) is 0 Å². The van der Waals surface area contributed by atoms with Gasteiger partial charge >= 0.3 is 5.51 Å². The van der Waals surface area contributed by atoms with E-state index < -0.39 is 23.1 Å². The van der Waals surface area contributed by atoms with E-state index in [1.54, 1.807) is 12.1 Å². The summed E-state index contributed by atoms with van der Waals surface area (Å²) in [6, 6.07) is 12.3. The quantitative estimate of drug-likeness (QED) is 0.593. The molecule has 0 radical (unpaired) electrons. The minimum absolute atomic E-state index is 0.0304. The first-order chi connectivity index (χ1) is 13.1. The van der Waals surface area contributed by atoms with Gasteiger partial charge in [0, 0.05) is 22.4 Å². The lowest BCUT2D eigenvalue weighted by molar-refractivity contribution is -0.0328. The van der Waals surface area contributed by atoms with Crippen molar-refractivity contribution in [2.75, 3.05) is 5.73 Å². The molecule has 146 valence electrons. The Balaban J connectivity index is 1.73. The zero-order valence-electron chi connectivity index (χ0n) is 14.7. The molecule has 2 unspecified atom stereocenters. The highest BCUT2D eigenvalue weighted by molar-refractivity contribution is 8.00. The number of nitriles is 1. The molecule has 0 aliphatic carbocycles. The van der Waals surface area contributed by atoms with Gasteiger partial charge in [0.15, 0.2) is 5.54 Å². The molecule has 0 saturated carbocycles. The van der Waals surface area contributed by atoms with E-state index >= 15 is 0 Å². The second-order valence-electron chi connectivity index (χ2n) is 6.49. The van der Waals surface area contributed by atoms with Gasteiger partial charge in [-0.1, -0.05) is 12.1 Å². The second kappa shape index (κ2) is 7.28. The van der Waals surface area contributed by atoms with Gasteiger partial charge in [-0.15, -0.1) is 0 Å². The Bertz CT molecular complexity index is 941. The van der Waals surface area contributed by atoms with Crippen molar-refractivity contribution in [1.29, 1.82) is 5.26 Å². The summed E-state index contributed by atoms with van der Waals surface area (Å²) in [4.78, 5) is 12.5. The average molecular weight is 407 g/mol. The number of para-hydroxylation sites is 1. The zero-order chi connectivity index (χ0) is 20.5. The number of anilines is 1. The summed E-state index contributed by atoms with van der Waals surface area (Å²) in [6.45, 7) is 1.53. The highest BCUT2D eigenvalue weighted by atomic mass is 32.2. The third-order valence-corrected chi connectivity index (χ3v) is 5.13. The fourth-order valence-electron chi connectivity index (χ4n) is 2.91. The summed E-state index contributed by atoms with van der Waals surface area (Å²) >= 11 is -0.262. The van der Waals surface area contributed by atoms with E-state index in [1.165, 1.54) is 31.2 Å². The molecule has 2 aromatic rings. The number of nitrogens with two attached hydrogens (primary N) is 1. The predicted molar refractivity (Wildman–Crippen MR) is 98.8 cm³/mol. The zero-order valence-corrected chi connectivity index (χ0v) is 15.5. The van der Waals surface area contributed by atoms with E-state index in [-0.39, 0.29) is 22.2 Å². The molecule has 0 bridgehead atoms. The minimum atomic E-state index is -4.40. The van der Waals surface area contributed by atoms with Crippen LogP contribution in [0.4, 0.5) is 18.9 Å². The third-order valence-electron chi connectivity index (χ3n) is 4.39. The van der Waals surface area contributed by atoms with Crippen molar-refractivity contribution >= 4 is 23.4 Å². The molecule has 9 heteroatoms.